The number of hydrogen-bond acceptors (Lipinski definition) is 4. The summed E-state index contributed by atoms with van der Waals surface area (Å²) in [6, 6.07) is -0.149. The van der Waals surface area contributed by atoms with Crippen LogP contribution in [0.25, 0.3) is 0 Å². The Morgan fingerprint density at radius 2 is 1.96 bits per heavy atom. The van der Waals surface area contributed by atoms with E-state index in [1.807, 2.05) is 0 Å². The number of amides is 1. The van der Waals surface area contributed by atoms with E-state index in [-0.39, 0.29) is 11.9 Å². The van der Waals surface area contributed by atoms with E-state index in [1.165, 1.54) is 32.1 Å². The molecule has 0 aromatic rings. The quantitative estimate of drug-likeness (QED) is 0.692. The normalized spacial score (nSPS) is 31.4. The highest BCUT2D eigenvalue weighted by Crippen LogP contribution is 2.27. The molecule has 4 N–H and O–H groups in total. The van der Waals surface area contributed by atoms with Crippen molar-refractivity contribution in [2.45, 2.75) is 95.9 Å². The lowest BCUT2D eigenvalue weighted by atomic mass is 9.85. The van der Waals surface area contributed by atoms with Gasteiger partial charge in [-0.05, 0) is 45.1 Å². The first-order chi connectivity index (χ1) is 11.5. The van der Waals surface area contributed by atoms with E-state index in [0.717, 1.165) is 32.2 Å². The summed E-state index contributed by atoms with van der Waals surface area (Å²) in [5.41, 5.74) is 6.15. The largest absolute Gasteiger partial charge is 0.390 e. The highest BCUT2D eigenvalue weighted by molar-refractivity contribution is 5.81. The van der Waals surface area contributed by atoms with Crippen LogP contribution in [0.15, 0.2) is 0 Å². The van der Waals surface area contributed by atoms with Crippen LogP contribution < -0.4 is 11.1 Å². The van der Waals surface area contributed by atoms with Gasteiger partial charge in [0, 0.05) is 12.6 Å². The van der Waals surface area contributed by atoms with Crippen LogP contribution in [-0.2, 0) is 4.79 Å². The molecule has 1 aliphatic heterocycles. The molecule has 2 aliphatic rings. The minimum Gasteiger partial charge on any atom is -0.390 e. The maximum Gasteiger partial charge on any atom is 0.237 e. The standard InChI is InChI=1S/C19H37N3O2/c1-3-11-22-13-18(23)17(10-9-14(22)2)21-19(24)16(20)12-15-7-5-4-6-8-15/h14-18,23H,3-13,20H2,1-2H3,(H,21,24)/t14-,16+,17+,18+/m1/s1. The van der Waals surface area contributed by atoms with Crippen molar-refractivity contribution in [2.75, 3.05) is 13.1 Å². The van der Waals surface area contributed by atoms with Gasteiger partial charge in [0.05, 0.1) is 18.2 Å². The van der Waals surface area contributed by atoms with E-state index in [2.05, 4.69) is 24.1 Å². The molecule has 0 aromatic heterocycles. The molecule has 0 aromatic carbocycles. The highest BCUT2D eigenvalue weighted by atomic mass is 16.3. The summed E-state index contributed by atoms with van der Waals surface area (Å²) in [5, 5.41) is 13.6. The molecule has 140 valence electrons. The van der Waals surface area contributed by atoms with Gasteiger partial charge in [-0.3, -0.25) is 9.69 Å². The number of aliphatic hydroxyl groups is 1. The molecule has 0 radical (unpaired) electrons. The van der Waals surface area contributed by atoms with Gasteiger partial charge in [-0.1, -0.05) is 39.0 Å². The Balaban J connectivity index is 1.83. The molecule has 0 unspecified atom stereocenters. The number of aliphatic hydroxyl groups excluding tert-OH is 1. The summed E-state index contributed by atoms with van der Waals surface area (Å²) in [7, 11) is 0. The zero-order chi connectivity index (χ0) is 17.5. The number of nitrogens with one attached hydrogen (secondary N) is 1. The number of carbonyl (C=O) groups excluding carboxylic acids is 1. The lowest BCUT2D eigenvalue weighted by Crippen LogP contribution is -2.51. The van der Waals surface area contributed by atoms with Gasteiger partial charge in [-0.15, -0.1) is 0 Å². The molecule has 24 heavy (non-hydrogen) atoms. The van der Waals surface area contributed by atoms with Gasteiger partial charge in [-0.25, -0.2) is 0 Å². The summed E-state index contributed by atoms with van der Waals surface area (Å²) < 4.78 is 0. The van der Waals surface area contributed by atoms with Crippen molar-refractivity contribution in [2.24, 2.45) is 11.7 Å². The van der Waals surface area contributed by atoms with Crippen LogP contribution in [0.1, 0.15) is 71.6 Å². The maximum absolute atomic E-state index is 12.5. The predicted molar refractivity (Wildman–Crippen MR) is 97.7 cm³/mol. The Hall–Kier alpha value is -0.650. The SMILES string of the molecule is CCCN1C[C@H](O)[C@@H](NC(=O)[C@@H](N)CC2CCCCC2)CC[C@H]1C. The number of hydrogen-bond donors (Lipinski definition) is 3. The molecule has 4 atom stereocenters. The van der Waals surface area contributed by atoms with Crippen LogP contribution in [0, 0.1) is 5.92 Å². The van der Waals surface area contributed by atoms with Crippen molar-refractivity contribution in [1.29, 1.82) is 0 Å². The first kappa shape index (κ1) is 19.7. The summed E-state index contributed by atoms with van der Waals surface area (Å²) in [5.74, 6) is 0.514. The van der Waals surface area contributed by atoms with Gasteiger partial charge >= 0.3 is 0 Å². The lowest BCUT2D eigenvalue weighted by molar-refractivity contribution is -0.124. The van der Waals surface area contributed by atoms with Gasteiger partial charge in [0.25, 0.3) is 0 Å². The van der Waals surface area contributed by atoms with Crippen molar-refractivity contribution in [3.8, 4) is 0 Å². The van der Waals surface area contributed by atoms with Gasteiger partial charge in [0.15, 0.2) is 0 Å². The molecule has 2 rings (SSSR count). The van der Waals surface area contributed by atoms with Crippen LogP contribution in [0.4, 0.5) is 0 Å². The molecule has 1 saturated heterocycles. The molecule has 1 saturated carbocycles. The third-order valence-electron chi connectivity index (χ3n) is 5.89. The van der Waals surface area contributed by atoms with E-state index in [4.69, 9.17) is 5.73 Å². The van der Waals surface area contributed by atoms with Crippen LogP contribution >= 0.6 is 0 Å². The Morgan fingerprint density at radius 1 is 1.25 bits per heavy atom. The average Bonchev–Trinajstić information content (AvgIpc) is 2.69. The van der Waals surface area contributed by atoms with E-state index in [9.17, 15) is 9.90 Å². The highest BCUT2D eigenvalue weighted by Gasteiger charge is 2.31. The molecule has 1 heterocycles. The van der Waals surface area contributed by atoms with Crippen molar-refractivity contribution >= 4 is 5.91 Å². The predicted octanol–water partition coefficient (Wildman–Crippen LogP) is 2.02. The molecule has 5 heteroatoms. The van der Waals surface area contributed by atoms with Crippen molar-refractivity contribution in [3.63, 3.8) is 0 Å². The van der Waals surface area contributed by atoms with Gasteiger partial charge in [-0.2, -0.15) is 0 Å². The summed E-state index contributed by atoms with van der Waals surface area (Å²) in [6.45, 7) is 6.01. The van der Waals surface area contributed by atoms with Crippen molar-refractivity contribution in [1.82, 2.24) is 10.2 Å². The Labute approximate surface area is 147 Å². The fourth-order valence-corrected chi connectivity index (χ4v) is 4.29. The van der Waals surface area contributed by atoms with Crippen molar-refractivity contribution < 1.29 is 9.90 Å². The van der Waals surface area contributed by atoms with Gasteiger partial charge in [0.2, 0.25) is 5.91 Å². The smallest absolute Gasteiger partial charge is 0.237 e. The molecule has 1 aliphatic carbocycles. The van der Waals surface area contributed by atoms with Crippen LogP contribution in [0.2, 0.25) is 0 Å². The number of likely N-dealkylation sites (tertiary alicyclic amines) is 1. The van der Waals surface area contributed by atoms with E-state index in [1.54, 1.807) is 0 Å². The molecule has 0 spiro atoms. The van der Waals surface area contributed by atoms with Crippen LogP contribution in [0.5, 0.6) is 0 Å². The second-order valence-electron chi connectivity index (χ2n) is 7.95. The molecular weight excluding hydrogens is 302 g/mol. The summed E-state index contributed by atoms with van der Waals surface area (Å²) in [4.78, 5) is 14.8. The first-order valence-corrected chi connectivity index (χ1v) is 9.99. The van der Waals surface area contributed by atoms with Crippen LogP contribution in [-0.4, -0.2) is 53.2 Å². The van der Waals surface area contributed by atoms with Crippen LogP contribution in [0.3, 0.4) is 0 Å². The minimum atomic E-state index is -0.507. The third-order valence-corrected chi connectivity index (χ3v) is 5.89. The third kappa shape index (κ3) is 5.71. The monoisotopic (exact) mass is 339 g/mol. The number of nitrogens with two attached hydrogens (primary N) is 1. The Kier molecular flexibility index (Phi) is 7.98. The number of rotatable bonds is 6. The Morgan fingerprint density at radius 3 is 2.62 bits per heavy atom. The lowest BCUT2D eigenvalue weighted by Gasteiger charge is -2.29. The number of nitrogens with zero attached hydrogens (tertiary/aromatic N) is 1. The summed E-state index contributed by atoms with van der Waals surface area (Å²) >= 11 is 0. The number of carbonyl (C=O) groups is 1. The second-order valence-corrected chi connectivity index (χ2v) is 7.95. The molecule has 0 bridgehead atoms. The molecule has 2 fully saturated rings. The first-order valence-electron chi connectivity index (χ1n) is 9.99. The van der Waals surface area contributed by atoms with E-state index in [0.29, 0.717) is 18.5 Å². The Bertz CT molecular complexity index is 385. The number of β-amino-alcohol motifs (C(OH)–C–C–N with tert-alkyl or cyclic N) is 1. The fraction of sp³-hybridized carbons (Fsp3) is 0.947. The second kappa shape index (κ2) is 9.73. The summed E-state index contributed by atoms with van der Waals surface area (Å²) in [6.07, 6.45) is 9.45. The van der Waals surface area contributed by atoms with Crippen molar-refractivity contribution in [3.05, 3.63) is 0 Å². The fourth-order valence-electron chi connectivity index (χ4n) is 4.29. The molecule has 5 nitrogen and oxygen atoms in total. The van der Waals surface area contributed by atoms with Gasteiger partial charge in [0.1, 0.15) is 0 Å². The average molecular weight is 340 g/mol. The van der Waals surface area contributed by atoms with E-state index >= 15 is 0 Å². The maximum atomic E-state index is 12.5. The minimum absolute atomic E-state index is 0.0822. The molecular formula is C19H37N3O2. The van der Waals surface area contributed by atoms with E-state index < -0.39 is 12.1 Å². The topological polar surface area (TPSA) is 78.6 Å². The zero-order valence-corrected chi connectivity index (χ0v) is 15.5. The molecule has 1 amide bonds. The van der Waals surface area contributed by atoms with Gasteiger partial charge < -0.3 is 16.2 Å². The zero-order valence-electron chi connectivity index (χ0n) is 15.5.